The quantitative estimate of drug-likeness (QED) is 0.660. The number of nitrogens with zero attached hydrogens (tertiary/aromatic N) is 4. The van der Waals surface area contributed by atoms with Gasteiger partial charge in [0.1, 0.15) is 12.4 Å². The van der Waals surface area contributed by atoms with Crippen LogP contribution in [0.15, 0.2) is 17.4 Å². The molecule has 0 radical (unpaired) electrons. The number of imidazole rings is 1. The Morgan fingerprint density at radius 3 is 3.06 bits per heavy atom. The van der Waals surface area contributed by atoms with E-state index in [1.807, 2.05) is 11.5 Å². The van der Waals surface area contributed by atoms with Crippen molar-refractivity contribution >= 4 is 22.7 Å². The van der Waals surface area contributed by atoms with Gasteiger partial charge in [-0.25, -0.2) is 4.98 Å². The number of nitrogens with two attached hydrogens (primary N) is 1. The van der Waals surface area contributed by atoms with Crippen LogP contribution in [-0.2, 0) is 0 Å². The number of hydrogen-bond donors (Lipinski definition) is 2. The van der Waals surface area contributed by atoms with Gasteiger partial charge in [0.2, 0.25) is 5.96 Å². The third-order valence-electron chi connectivity index (χ3n) is 3.12. The van der Waals surface area contributed by atoms with E-state index in [-0.39, 0.29) is 0 Å². The minimum Gasteiger partial charge on any atom is -0.398 e. The molecule has 2 heterocycles. The molecule has 3 rings (SSSR count). The molecule has 90 valence electrons. The Labute approximate surface area is 104 Å². The van der Waals surface area contributed by atoms with Crippen LogP contribution < -0.4 is 11.1 Å². The van der Waals surface area contributed by atoms with Gasteiger partial charge < -0.3 is 11.1 Å². The number of nitriles is 1. The SMILES string of the molecule is Cc1c(N)cc(C#N)c2c1ncn2C1=NCCN1. The molecule has 0 spiro atoms. The van der Waals surface area contributed by atoms with Crippen molar-refractivity contribution in [3.8, 4) is 6.07 Å². The molecule has 3 N–H and O–H groups in total. The van der Waals surface area contributed by atoms with Gasteiger partial charge in [-0.3, -0.25) is 9.56 Å². The average molecular weight is 240 g/mol. The first-order chi connectivity index (χ1) is 8.72. The van der Waals surface area contributed by atoms with Gasteiger partial charge in [-0.2, -0.15) is 5.26 Å². The summed E-state index contributed by atoms with van der Waals surface area (Å²) in [6.45, 7) is 3.45. The zero-order chi connectivity index (χ0) is 12.7. The zero-order valence-corrected chi connectivity index (χ0v) is 9.94. The van der Waals surface area contributed by atoms with E-state index >= 15 is 0 Å². The number of benzene rings is 1. The van der Waals surface area contributed by atoms with Crippen LogP contribution in [-0.4, -0.2) is 28.6 Å². The molecule has 0 bridgehead atoms. The van der Waals surface area contributed by atoms with Crippen LogP contribution >= 0.6 is 0 Å². The highest BCUT2D eigenvalue weighted by Gasteiger charge is 2.17. The van der Waals surface area contributed by atoms with E-state index in [0.29, 0.717) is 11.3 Å². The largest absolute Gasteiger partial charge is 0.398 e. The first kappa shape index (κ1) is 10.6. The zero-order valence-electron chi connectivity index (χ0n) is 9.94. The molecule has 1 aromatic carbocycles. The average Bonchev–Trinajstić information content (AvgIpc) is 3.01. The van der Waals surface area contributed by atoms with Gasteiger partial charge >= 0.3 is 0 Å². The fourth-order valence-corrected chi connectivity index (χ4v) is 2.14. The van der Waals surface area contributed by atoms with Crippen molar-refractivity contribution in [1.29, 1.82) is 5.26 Å². The van der Waals surface area contributed by atoms with Crippen molar-refractivity contribution in [3.05, 3.63) is 23.5 Å². The number of hydrogen-bond acceptors (Lipinski definition) is 5. The summed E-state index contributed by atoms with van der Waals surface area (Å²) in [6.07, 6.45) is 1.68. The maximum atomic E-state index is 9.23. The van der Waals surface area contributed by atoms with Crippen molar-refractivity contribution in [2.75, 3.05) is 18.8 Å². The molecule has 0 aliphatic carbocycles. The predicted octanol–water partition coefficient (Wildman–Crippen LogP) is 0.606. The summed E-state index contributed by atoms with van der Waals surface area (Å²) in [5, 5.41) is 12.4. The summed E-state index contributed by atoms with van der Waals surface area (Å²) in [5.41, 5.74) is 9.39. The van der Waals surface area contributed by atoms with Gasteiger partial charge in [0.05, 0.1) is 23.1 Å². The van der Waals surface area contributed by atoms with Crippen LogP contribution in [0.3, 0.4) is 0 Å². The standard InChI is InChI=1S/C12H12N6/c1-7-9(14)4-8(5-13)11-10(7)17-6-18(11)12-15-2-3-16-12/h4,6H,2-3,14H2,1H3,(H,15,16). The van der Waals surface area contributed by atoms with Crippen molar-refractivity contribution in [2.45, 2.75) is 6.92 Å². The van der Waals surface area contributed by atoms with Gasteiger partial charge in [-0.05, 0) is 18.6 Å². The lowest BCUT2D eigenvalue weighted by Crippen LogP contribution is -2.25. The van der Waals surface area contributed by atoms with Gasteiger partial charge in [0, 0.05) is 12.2 Å². The summed E-state index contributed by atoms with van der Waals surface area (Å²) >= 11 is 0. The van der Waals surface area contributed by atoms with Crippen LogP contribution in [0.25, 0.3) is 11.0 Å². The number of fused-ring (bicyclic) bond motifs is 1. The van der Waals surface area contributed by atoms with E-state index in [9.17, 15) is 5.26 Å². The van der Waals surface area contributed by atoms with Crippen LogP contribution in [0.5, 0.6) is 0 Å². The second-order valence-electron chi connectivity index (χ2n) is 4.19. The summed E-state index contributed by atoms with van der Waals surface area (Å²) in [7, 11) is 0. The fraction of sp³-hybridized carbons (Fsp3) is 0.250. The van der Waals surface area contributed by atoms with Gasteiger partial charge in [-0.1, -0.05) is 0 Å². The Kier molecular flexibility index (Phi) is 2.20. The highest BCUT2D eigenvalue weighted by atomic mass is 15.3. The normalized spacial score (nSPS) is 14.3. The Hall–Kier alpha value is -2.55. The molecule has 1 aliphatic rings. The Bertz CT molecular complexity index is 703. The van der Waals surface area contributed by atoms with E-state index in [1.165, 1.54) is 0 Å². The second-order valence-corrected chi connectivity index (χ2v) is 4.19. The summed E-state index contributed by atoms with van der Waals surface area (Å²) in [5.74, 6) is 0.734. The van der Waals surface area contributed by atoms with Crippen molar-refractivity contribution in [3.63, 3.8) is 0 Å². The molecule has 2 aromatic rings. The van der Waals surface area contributed by atoms with E-state index in [1.54, 1.807) is 12.4 Å². The first-order valence-electron chi connectivity index (χ1n) is 5.67. The minimum absolute atomic E-state index is 0.516. The maximum absolute atomic E-state index is 9.23. The number of aliphatic imine (C=N–C) groups is 1. The minimum atomic E-state index is 0.516. The highest BCUT2D eigenvalue weighted by molar-refractivity contribution is 5.98. The second kappa shape index (κ2) is 3.74. The Balaban J connectivity index is 2.36. The van der Waals surface area contributed by atoms with Gasteiger partial charge in [0.15, 0.2) is 0 Å². The Morgan fingerprint density at radius 1 is 1.56 bits per heavy atom. The van der Waals surface area contributed by atoms with Crippen molar-refractivity contribution < 1.29 is 0 Å². The number of nitrogen functional groups attached to an aromatic ring is 1. The van der Waals surface area contributed by atoms with E-state index in [4.69, 9.17) is 5.73 Å². The van der Waals surface area contributed by atoms with Crippen LogP contribution in [0.4, 0.5) is 5.69 Å². The molecular weight excluding hydrogens is 228 g/mol. The topological polar surface area (TPSA) is 92.0 Å². The number of aromatic nitrogens is 2. The lowest BCUT2D eigenvalue weighted by atomic mass is 10.1. The molecule has 18 heavy (non-hydrogen) atoms. The number of anilines is 1. The van der Waals surface area contributed by atoms with Gasteiger partial charge in [-0.15, -0.1) is 0 Å². The van der Waals surface area contributed by atoms with Crippen molar-refractivity contribution in [2.24, 2.45) is 4.99 Å². The van der Waals surface area contributed by atoms with Crippen LogP contribution in [0.1, 0.15) is 11.1 Å². The van der Waals surface area contributed by atoms with Crippen LogP contribution in [0.2, 0.25) is 0 Å². The molecule has 0 amide bonds. The molecule has 0 saturated heterocycles. The molecule has 0 fully saturated rings. The molecule has 6 nitrogen and oxygen atoms in total. The lowest BCUT2D eigenvalue weighted by molar-refractivity contribution is 0.942. The van der Waals surface area contributed by atoms with Crippen LogP contribution in [0, 0.1) is 18.3 Å². The van der Waals surface area contributed by atoms with E-state index in [0.717, 1.165) is 35.6 Å². The molecule has 0 unspecified atom stereocenters. The summed E-state index contributed by atoms with van der Waals surface area (Å²) in [4.78, 5) is 8.69. The third kappa shape index (κ3) is 1.34. The molecular formula is C12H12N6. The maximum Gasteiger partial charge on any atom is 0.204 e. The lowest BCUT2D eigenvalue weighted by Gasteiger charge is -2.07. The van der Waals surface area contributed by atoms with E-state index in [2.05, 4.69) is 21.4 Å². The summed E-state index contributed by atoms with van der Waals surface area (Å²) in [6, 6.07) is 3.85. The number of aryl methyl sites for hydroxylation is 1. The van der Waals surface area contributed by atoms with Crippen molar-refractivity contribution in [1.82, 2.24) is 14.9 Å². The molecule has 1 aliphatic heterocycles. The Morgan fingerprint density at radius 2 is 2.39 bits per heavy atom. The van der Waals surface area contributed by atoms with E-state index < -0.39 is 0 Å². The smallest absolute Gasteiger partial charge is 0.204 e. The summed E-state index contributed by atoms with van der Waals surface area (Å²) < 4.78 is 1.81. The predicted molar refractivity (Wildman–Crippen MR) is 69.3 cm³/mol. The number of rotatable bonds is 0. The molecule has 1 aromatic heterocycles. The van der Waals surface area contributed by atoms with Gasteiger partial charge in [0.25, 0.3) is 0 Å². The molecule has 0 saturated carbocycles. The molecule has 6 heteroatoms. The first-order valence-corrected chi connectivity index (χ1v) is 5.67. The molecule has 0 atom stereocenters. The highest BCUT2D eigenvalue weighted by Crippen LogP contribution is 2.26. The number of nitrogens with one attached hydrogen (secondary N) is 1. The monoisotopic (exact) mass is 240 g/mol. The fourth-order valence-electron chi connectivity index (χ4n) is 2.14. The third-order valence-corrected chi connectivity index (χ3v) is 3.12.